The fourth-order valence-corrected chi connectivity index (χ4v) is 9.48. The van der Waals surface area contributed by atoms with Gasteiger partial charge in [-0.2, -0.15) is 0 Å². The lowest BCUT2D eigenvalue weighted by Gasteiger charge is -2.20. The molecule has 2 atom stereocenters. The summed E-state index contributed by atoms with van der Waals surface area (Å²) in [5.74, 6) is -0.0742. The maximum Gasteiger partial charge on any atom is 0.305 e. The Hall–Kier alpha value is -2.18. The fourth-order valence-electron chi connectivity index (χ4n) is 9.48. The van der Waals surface area contributed by atoms with Crippen LogP contribution in [0.25, 0.3) is 0 Å². The monoisotopic (exact) mass is 996 g/mol. The van der Waals surface area contributed by atoms with Crippen LogP contribution in [0, 0.1) is 0 Å². The van der Waals surface area contributed by atoms with Gasteiger partial charge in [-0.15, -0.1) is 0 Å². The minimum Gasteiger partial charge on any atom is -0.466 e. The van der Waals surface area contributed by atoms with E-state index in [0.29, 0.717) is 19.4 Å². The minimum absolute atomic E-state index is 0.00174. The lowest BCUT2D eigenvalue weighted by atomic mass is 10.0. The third-order valence-electron chi connectivity index (χ3n) is 14.3. The van der Waals surface area contributed by atoms with Crippen molar-refractivity contribution in [2.75, 3.05) is 13.2 Å². The molecule has 0 aromatic heterocycles. The van der Waals surface area contributed by atoms with Gasteiger partial charge < -0.3 is 20.3 Å². The van der Waals surface area contributed by atoms with Crippen LogP contribution in [-0.2, 0) is 14.3 Å². The first-order valence-corrected chi connectivity index (χ1v) is 31.4. The Bertz CT molecular complexity index is 1190. The third kappa shape index (κ3) is 57.0. The standard InChI is InChI=1S/C65H121NO5/c1-3-5-7-9-11-13-15-17-19-31-35-39-43-47-51-55-59-65(70)71-60-56-52-48-44-40-36-32-29-27-25-23-21-20-22-24-26-28-30-34-38-42-46-50-54-58-64(69)66-62(61-67)63(68)57-53-49-45-41-37-33-18-16-14-12-10-8-6-4-2/h13,15,19,22,24,31,53,57,62-63,67-68H,3-12,14,16-18,20-21,23,25-30,32-52,54-56,58-61H2,1-2H3,(H,66,69)/b15-13-,24-22-,31-19-,57-53+. The van der Waals surface area contributed by atoms with Crippen molar-refractivity contribution in [3.8, 4) is 0 Å². The van der Waals surface area contributed by atoms with E-state index in [0.717, 1.165) is 51.4 Å². The summed E-state index contributed by atoms with van der Waals surface area (Å²) in [5, 5.41) is 23.1. The Morgan fingerprint density at radius 1 is 0.394 bits per heavy atom. The Morgan fingerprint density at radius 3 is 1.10 bits per heavy atom. The maximum absolute atomic E-state index is 12.5. The molecule has 0 aliphatic carbocycles. The van der Waals surface area contributed by atoms with E-state index >= 15 is 0 Å². The van der Waals surface area contributed by atoms with Crippen LogP contribution in [0.1, 0.15) is 328 Å². The van der Waals surface area contributed by atoms with Gasteiger partial charge in [0, 0.05) is 12.8 Å². The quantitative estimate of drug-likeness (QED) is 0.0321. The van der Waals surface area contributed by atoms with E-state index in [1.54, 1.807) is 6.08 Å². The summed E-state index contributed by atoms with van der Waals surface area (Å²) in [6.45, 7) is 4.88. The van der Waals surface area contributed by atoms with Gasteiger partial charge in [0.05, 0.1) is 25.4 Å². The molecule has 416 valence electrons. The van der Waals surface area contributed by atoms with Crippen molar-refractivity contribution in [3.05, 3.63) is 48.6 Å². The van der Waals surface area contributed by atoms with Crippen LogP contribution in [0.4, 0.5) is 0 Å². The lowest BCUT2D eigenvalue weighted by Crippen LogP contribution is -2.45. The second-order valence-electron chi connectivity index (χ2n) is 21.4. The number of allylic oxidation sites excluding steroid dienone is 7. The molecule has 0 aromatic carbocycles. The molecule has 1 amide bonds. The van der Waals surface area contributed by atoms with Gasteiger partial charge in [-0.1, -0.05) is 274 Å². The van der Waals surface area contributed by atoms with Crippen LogP contribution >= 0.6 is 0 Å². The van der Waals surface area contributed by atoms with Crippen LogP contribution < -0.4 is 5.32 Å². The molecule has 0 aliphatic rings. The molecule has 0 fully saturated rings. The largest absolute Gasteiger partial charge is 0.466 e. The molecule has 0 rings (SSSR count). The zero-order valence-corrected chi connectivity index (χ0v) is 47.5. The smallest absolute Gasteiger partial charge is 0.305 e. The zero-order valence-electron chi connectivity index (χ0n) is 47.5. The molecule has 0 heterocycles. The lowest BCUT2D eigenvalue weighted by molar-refractivity contribution is -0.143. The SMILES string of the molecule is CCCCCC/C=C\C/C=C\CCCCCCCC(=O)OCCCCCCCCCCCCCC/C=C\CCCCCCCCCCC(=O)NC(CO)C(O)/C=C/CCCCCCCCCCCCCC. The Labute approximate surface area is 442 Å². The van der Waals surface area contributed by atoms with Crippen LogP contribution in [-0.4, -0.2) is 47.4 Å². The highest BCUT2D eigenvalue weighted by atomic mass is 16.5. The molecule has 2 unspecified atom stereocenters. The van der Waals surface area contributed by atoms with E-state index in [1.165, 1.54) is 250 Å². The summed E-state index contributed by atoms with van der Waals surface area (Å²) in [7, 11) is 0. The summed E-state index contributed by atoms with van der Waals surface area (Å²) in [6.07, 6.45) is 77.2. The third-order valence-corrected chi connectivity index (χ3v) is 14.3. The van der Waals surface area contributed by atoms with E-state index in [4.69, 9.17) is 4.74 Å². The summed E-state index contributed by atoms with van der Waals surface area (Å²) < 4.78 is 5.48. The van der Waals surface area contributed by atoms with E-state index in [1.807, 2.05) is 6.08 Å². The van der Waals surface area contributed by atoms with Gasteiger partial charge in [0.1, 0.15) is 0 Å². The predicted octanol–water partition coefficient (Wildman–Crippen LogP) is 19.7. The van der Waals surface area contributed by atoms with Crippen LogP contribution in [0.2, 0.25) is 0 Å². The Balaban J connectivity index is 3.43. The van der Waals surface area contributed by atoms with Gasteiger partial charge in [0.25, 0.3) is 0 Å². The summed E-state index contributed by atoms with van der Waals surface area (Å²) >= 11 is 0. The van der Waals surface area contributed by atoms with Gasteiger partial charge in [-0.3, -0.25) is 9.59 Å². The molecule has 6 nitrogen and oxygen atoms in total. The summed E-state index contributed by atoms with van der Waals surface area (Å²) in [5.41, 5.74) is 0. The van der Waals surface area contributed by atoms with Crippen molar-refractivity contribution in [2.45, 2.75) is 341 Å². The minimum atomic E-state index is -0.847. The van der Waals surface area contributed by atoms with E-state index < -0.39 is 12.1 Å². The van der Waals surface area contributed by atoms with Crippen LogP contribution in [0.15, 0.2) is 48.6 Å². The number of aliphatic hydroxyl groups is 2. The number of hydrogen-bond acceptors (Lipinski definition) is 5. The van der Waals surface area contributed by atoms with Crippen molar-refractivity contribution in [3.63, 3.8) is 0 Å². The number of carbonyl (C=O) groups excluding carboxylic acids is 2. The number of esters is 1. The molecule has 0 spiro atoms. The molecule has 0 radical (unpaired) electrons. The average molecular weight is 997 g/mol. The normalized spacial score (nSPS) is 12.9. The molecule has 0 bridgehead atoms. The first-order chi connectivity index (χ1) is 35.0. The molecule has 0 saturated carbocycles. The van der Waals surface area contributed by atoms with Gasteiger partial charge in [-0.25, -0.2) is 0 Å². The zero-order chi connectivity index (χ0) is 51.4. The first kappa shape index (κ1) is 68.8. The Kier molecular flexibility index (Phi) is 58.5. The highest BCUT2D eigenvalue weighted by molar-refractivity contribution is 5.76. The number of amides is 1. The van der Waals surface area contributed by atoms with Crippen molar-refractivity contribution in [1.29, 1.82) is 0 Å². The van der Waals surface area contributed by atoms with Crippen molar-refractivity contribution in [1.82, 2.24) is 5.32 Å². The predicted molar refractivity (Wildman–Crippen MR) is 310 cm³/mol. The number of hydrogen-bond donors (Lipinski definition) is 3. The van der Waals surface area contributed by atoms with Gasteiger partial charge in [-0.05, 0) is 89.9 Å². The maximum atomic E-state index is 12.5. The molecule has 0 aromatic rings. The van der Waals surface area contributed by atoms with Gasteiger partial charge in [0.15, 0.2) is 0 Å². The van der Waals surface area contributed by atoms with E-state index in [9.17, 15) is 19.8 Å². The topological polar surface area (TPSA) is 95.9 Å². The highest BCUT2D eigenvalue weighted by Gasteiger charge is 2.18. The highest BCUT2D eigenvalue weighted by Crippen LogP contribution is 2.16. The van der Waals surface area contributed by atoms with Crippen molar-refractivity contribution < 1.29 is 24.5 Å². The molecule has 6 heteroatoms. The second kappa shape index (κ2) is 60.4. The fraction of sp³-hybridized carbons (Fsp3) is 0.846. The summed E-state index contributed by atoms with van der Waals surface area (Å²) in [4.78, 5) is 24.5. The van der Waals surface area contributed by atoms with Crippen LogP contribution in [0.5, 0.6) is 0 Å². The number of rotatable bonds is 58. The molecule has 0 aliphatic heterocycles. The molecule has 0 saturated heterocycles. The number of aliphatic hydroxyl groups excluding tert-OH is 2. The van der Waals surface area contributed by atoms with Gasteiger partial charge in [0.2, 0.25) is 5.91 Å². The number of nitrogens with one attached hydrogen (secondary N) is 1. The molecule has 71 heavy (non-hydrogen) atoms. The van der Waals surface area contributed by atoms with Crippen LogP contribution in [0.3, 0.4) is 0 Å². The number of unbranched alkanes of at least 4 members (excludes halogenated alkanes) is 41. The van der Waals surface area contributed by atoms with Crippen molar-refractivity contribution in [2.24, 2.45) is 0 Å². The summed E-state index contributed by atoms with van der Waals surface area (Å²) in [6, 6.07) is -0.631. The van der Waals surface area contributed by atoms with Crippen molar-refractivity contribution >= 4 is 11.9 Å². The number of carbonyl (C=O) groups is 2. The second-order valence-corrected chi connectivity index (χ2v) is 21.4. The Morgan fingerprint density at radius 2 is 0.704 bits per heavy atom. The average Bonchev–Trinajstić information content (AvgIpc) is 3.37. The first-order valence-electron chi connectivity index (χ1n) is 31.4. The molecular weight excluding hydrogens is 875 g/mol. The van der Waals surface area contributed by atoms with E-state index in [-0.39, 0.29) is 18.5 Å². The number of ether oxygens (including phenoxy) is 1. The van der Waals surface area contributed by atoms with E-state index in [2.05, 4.69) is 55.6 Å². The molecular formula is C65H121NO5. The van der Waals surface area contributed by atoms with Gasteiger partial charge >= 0.3 is 5.97 Å². The molecule has 3 N–H and O–H groups in total.